The minimum atomic E-state index is -4.07. The highest BCUT2D eigenvalue weighted by Crippen LogP contribution is 2.24. The van der Waals surface area contributed by atoms with Gasteiger partial charge >= 0.3 is 0 Å². The van der Waals surface area contributed by atoms with Crippen LogP contribution in [0.25, 0.3) is 5.69 Å². The Morgan fingerprint density at radius 2 is 1.70 bits per heavy atom. The second-order valence-electron chi connectivity index (χ2n) is 8.00. The molecule has 10 heteroatoms. The van der Waals surface area contributed by atoms with E-state index in [9.17, 15) is 22.4 Å². The number of anilines is 1. The van der Waals surface area contributed by atoms with Crippen LogP contribution in [0.4, 0.5) is 10.1 Å². The quantitative estimate of drug-likeness (QED) is 0.618. The van der Waals surface area contributed by atoms with E-state index in [0.29, 0.717) is 37.3 Å². The smallest absolute Gasteiger partial charge is 0.295 e. The lowest BCUT2D eigenvalue weighted by Crippen LogP contribution is -2.36. The van der Waals surface area contributed by atoms with Gasteiger partial charge in [0.2, 0.25) is 10.0 Å². The highest BCUT2D eigenvalue weighted by molar-refractivity contribution is 7.89. The SMILES string of the molecule is Cc1c(NC(=O)c2ccc(F)c(S(=O)(=O)N3CCCCC3)c2)c(=O)n(-c2ccccc2)n1C. The molecule has 2 heterocycles. The van der Waals surface area contributed by atoms with Crippen LogP contribution in [-0.4, -0.2) is 41.1 Å². The zero-order valence-electron chi connectivity index (χ0n) is 18.4. The van der Waals surface area contributed by atoms with Crippen molar-refractivity contribution in [2.75, 3.05) is 18.4 Å². The van der Waals surface area contributed by atoms with E-state index in [-0.39, 0.29) is 11.3 Å². The molecule has 3 aromatic rings. The van der Waals surface area contributed by atoms with Crippen molar-refractivity contribution in [3.05, 3.63) is 76.0 Å². The molecule has 33 heavy (non-hydrogen) atoms. The van der Waals surface area contributed by atoms with E-state index in [2.05, 4.69) is 5.32 Å². The van der Waals surface area contributed by atoms with E-state index >= 15 is 0 Å². The van der Waals surface area contributed by atoms with Crippen LogP contribution in [0.15, 0.2) is 58.2 Å². The summed E-state index contributed by atoms with van der Waals surface area (Å²) in [5.41, 5.74) is 0.723. The summed E-state index contributed by atoms with van der Waals surface area (Å²) in [7, 11) is -2.37. The number of hydrogen-bond acceptors (Lipinski definition) is 4. The first-order valence-corrected chi connectivity index (χ1v) is 12.1. The maximum atomic E-state index is 14.5. The molecular weight excluding hydrogens is 447 g/mol. The number of hydrogen-bond donors (Lipinski definition) is 1. The number of halogens is 1. The first-order chi connectivity index (χ1) is 15.7. The van der Waals surface area contributed by atoms with E-state index in [1.807, 2.05) is 6.07 Å². The molecule has 0 unspecified atom stereocenters. The van der Waals surface area contributed by atoms with Gasteiger partial charge in [0, 0.05) is 25.7 Å². The van der Waals surface area contributed by atoms with E-state index in [1.54, 1.807) is 42.9 Å². The average Bonchev–Trinajstić information content (AvgIpc) is 3.03. The van der Waals surface area contributed by atoms with Gasteiger partial charge in [0.1, 0.15) is 16.4 Å². The van der Waals surface area contributed by atoms with Crippen LogP contribution in [0.1, 0.15) is 35.3 Å². The Hall–Kier alpha value is -3.24. The number of aromatic nitrogens is 2. The van der Waals surface area contributed by atoms with E-state index in [1.165, 1.54) is 15.1 Å². The Kier molecular flexibility index (Phi) is 6.22. The summed E-state index contributed by atoms with van der Waals surface area (Å²) in [4.78, 5) is 25.4. The molecule has 0 bridgehead atoms. The van der Waals surface area contributed by atoms with E-state index in [4.69, 9.17) is 0 Å². The largest absolute Gasteiger partial charge is 0.316 e. The van der Waals surface area contributed by atoms with Crippen LogP contribution >= 0.6 is 0 Å². The molecule has 174 valence electrons. The fraction of sp³-hybridized carbons (Fsp3) is 0.304. The molecule has 1 saturated heterocycles. The summed E-state index contributed by atoms with van der Waals surface area (Å²) in [6.45, 7) is 2.33. The van der Waals surface area contributed by atoms with Crippen molar-refractivity contribution in [2.45, 2.75) is 31.1 Å². The number of sulfonamides is 1. The average molecular weight is 473 g/mol. The van der Waals surface area contributed by atoms with Crippen molar-refractivity contribution >= 4 is 21.6 Å². The number of para-hydroxylation sites is 1. The maximum Gasteiger partial charge on any atom is 0.295 e. The molecule has 1 fully saturated rings. The molecule has 0 aliphatic carbocycles. The lowest BCUT2D eigenvalue weighted by molar-refractivity contribution is 0.102. The summed E-state index contributed by atoms with van der Waals surface area (Å²) < 4.78 is 44.7. The molecule has 4 rings (SSSR count). The first-order valence-electron chi connectivity index (χ1n) is 10.7. The number of carbonyl (C=O) groups is 1. The Balaban J connectivity index is 1.67. The van der Waals surface area contributed by atoms with Gasteiger partial charge in [0.25, 0.3) is 11.5 Å². The first kappa shape index (κ1) is 22.9. The third kappa shape index (κ3) is 4.23. The summed E-state index contributed by atoms with van der Waals surface area (Å²) in [5, 5.41) is 2.58. The highest BCUT2D eigenvalue weighted by atomic mass is 32.2. The van der Waals surface area contributed by atoms with Crippen LogP contribution in [0.3, 0.4) is 0 Å². The van der Waals surface area contributed by atoms with E-state index in [0.717, 1.165) is 18.6 Å². The minimum Gasteiger partial charge on any atom is -0.316 e. The predicted molar refractivity (Wildman–Crippen MR) is 123 cm³/mol. The second kappa shape index (κ2) is 8.95. The second-order valence-corrected chi connectivity index (χ2v) is 9.91. The molecule has 8 nitrogen and oxygen atoms in total. The van der Waals surface area contributed by atoms with Gasteiger partial charge in [-0.2, -0.15) is 4.31 Å². The highest BCUT2D eigenvalue weighted by Gasteiger charge is 2.29. The summed E-state index contributed by atoms with van der Waals surface area (Å²) in [5.74, 6) is -1.62. The predicted octanol–water partition coefficient (Wildman–Crippen LogP) is 3.05. The molecule has 1 aromatic heterocycles. The Labute approximate surface area is 191 Å². The van der Waals surface area contributed by atoms with Gasteiger partial charge in [-0.25, -0.2) is 17.5 Å². The molecule has 1 N–H and O–H groups in total. The normalized spacial score (nSPS) is 14.9. The molecule has 1 amide bonds. The molecule has 0 radical (unpaired) electrons. The summed E-state index contributed by atoms with van der Waals surface area (Å²) >= 11 is 0. The topological polar surface area (TPSA) is 93.4 Å². The number of amides is 1. The van der Waals surface area contributed by atoms with E-state index < -0.39 is 32.2 Å². The van der Waals surface area contributed by atoms with Gasteiger partial charge in [-0.05, 0) is 50.1 Å². The number of nitrogens with one attached hydrogen (secondary N) is 1. The van der Waals surface area contributed by atoms with Crippen LogP contribution in [0, 0.1) is 12.7 Å². The van der Waals surface area contributed by atoms with Gasteiger partial charge in [0.15, 0.2) is 0 Å². The molecule has 2 aromatic carbocycles. The van der Waals surface area contributed by atoms with Gasteiger partial charge in [-0.15, -0.1) is 0 Å². The third-order valence-corrected chi connectivity index (χ3v) is 7.83. The van der Waals surface area contributed by atoms with Gasteiger partial charge in [-0.1, -0.05) is 24.6 Å². The minimum absolute atomic E-state index is 0.0547. The van der Waals surface area contributed by atoms with Gasteiger partial charge in [-0.3, -0.25) is 14.3 Å². The molecule has 0 atom stereocenters. The monoisotopic (exact) mass is 472 g/mol. The van der Waals surface area contributed by atoms with Crippen LogP contribution < -0.4 is 10.9 Å². The van der Waals surface area contributed by atoms with Crippen molar-refractivity contribution in [1.29, 1.82) is 0 Å². The van der Waals surface area contributed by atoms with Gasteiger partial charge < -0.3 is 5.32 Å². The van der Waals surface area contributed by atoms with Crippen molar-refractivity contribution in [1.82, 2.24) is 13.7 Å². The summed E-state index contributed by atoms with van der Waals surface area (Å²) in [6, 6.07) is 12.2. The van der Waals surface area contributed by atoms with Crippen LogP contribution in [0.2, 0.25) is 0 Å². The van der Waals surface area contributed by atoms with Crippen molar-refractivity contribution in [3.63, 3.8) is 0 Å². The number of carbonyl (C=O) groups excluding carboxylic acids is 1. The molecule has 1 aliphatic rings. The Morgan fingerprint density at radius 1 is 1.03 bits per heavy atom. The molecular formula is C23H25FN4O4S. The fourth-order valence-corrected chi connectivity index (χ4v) is 5.59. The van der Waals surface area contributed by atoms with Crippen LogP contribution in [0.5, 0.6) is 0 Å². The number of nitrogens with zero attached hydrogens (tertiary/aromatic N) is 3. The maximum absolute atomic E-state index is 14.5. The Morgan fingerprint density at radius 3 is 2.36 bits per heavy atom. The lowest BCUT2D eigenvalue weighted by Gasteiger charge is -2.26. The number of rotatable bonds is 5. The van der Waals surface area contributed by atoms with Crippen molar-refractivity contribution in [3.8, 4) is 5.69 Å². The zero-order chi connectivity index (χ0) is 23.8. The molecule has 0 saturated carbocycles. The van der Waals surface area contributed by atoms with Crippen molar-refractivity contribution < 1.29 is 17.6 Å². The van der Waals surface area contributed by atoms with Crippen LogP contribution in [-0.2, 0) is 17.1 Å². The fourth-order valence-electron chi connectivity index (χ4n) is 3.98. The molecule has 0 spiro atoms. The number of benzene rings is 2. The third-order valence-electron chi connectivity index (χ3n) is 5.92. The standard InChI is InChI=1S/C23H25FN4O4S/c1-16-21(23(30)28(26(16)2)18-9-5-3-6-10-18)25-22(29)17-11-12-19(24)20(15-17)33(31,32)27-13-7-4-8-14-27/h3,5-6,9-12,15H,4,7-8,13-14H2,1-2H3,(H,25,29). The zero-order valence-corrected chi connectivity index (χ0v) is 19.2. The summed E-state index contributed by atoms with van der Waals surface area (Å²) in [6.07, 6.45) is 2.35. The molecule has 1 aliphatic heterocycles. The lowest BCUT2D eigenvalue weighted by atomic mass is 10.2. The van der Waals surface area contributed by atoms with Gasteiger partial charge in [0.05, 0.1) is 11.4 Å². The Bertz CT molecular complexity index is 1360. The number of piperidine rings is 1. The van der Waals surface area contributed by atoms with Crippen molar-refractivity contribution in [2.24, 2.45) is 7.05 Å².